The van der Waals surface area contributed by atoms with E-state index in [0.717, 1.165) is 0 Å². The lowest BCUT2D eigenvalue weighted by atomic mass is 10.2. The number of hydrogen-bond acceptors (Lipinski definition) is 5. The van der Waals surface area contributed by atoms with Crippen molar-refractivity contribution in [2.75, 3.05) is 6.54 Å². The van der Waals surface area contributed by atoms with E-state index in [2.05, 4.69) is 10.3 Å². The Bertz CT molecular complexity index is 277. The quantitative estimate of drug-likeness (QED) is 0.389. The fraction of sp³-hybridized carbons (Fsp3) is 0.667. The number of carboxylic acid groups (broad SMARTS) is 1. The third-order valence-corrected chi connectivity index (χ3v) is 1.73. The molecule has 3 N–H and O–H groups in total. The number of carboxylic acids is 1. The van der Waals surface area contributed by atoms with Gasteiger partial charge in [-0.3, -0.25) is 0 Å². The van der Waals surface area contributed by atoms with Crippen LogP contribution in [-0.4, -0.2) is 34.7 Å². The molecule has 0 saturated heterocycles. The van der Waals surface area contributed by atoms with Crippen molar-refractivity contribution in [1.29, 1.82) is 0 Å². The molecule has 0 aromatic heterocycles. The number of aliphatic imine (C=N–C) groups is 1. The zero-order chi connectivity index (χ0) is 10.6. The van der Waals surface area contributed by atoms with E-state index in [-0.39, 0.29) is 5.96 Å². The van der Waals surface area contributed by atoms with Crippen LogP contribution < -0.4 is 10.7 Å². The molecule has 0 radical (unpaired) electrons. The van der Waals surface area contributed by atoms with Crippen molar-refractivity contribution in [3.63, 3.8) is 0 Å². The number of aliphatic carboxylic acids is 1. The second-order valence-corrected chi connectivity index (χ2v) is 2.78. The van der Waals surface area contributed by atoms with Crippen LogP contribution in [0.4, 0.5) is 0 Å². The van der Waals surface area contributed by atoms with Crippen LogP contribution in [0.25, 0.3) is 0 Å². The first kappa shape index (κ1) is 10.2. The highest BCUT2D eigenvalue weighted by molar-refractivity contribution is 5.85. The summed E-state index contributed by atoms with van der Waals surface area (Å²) in [6.07, 6.45) is 0.995. The van der Waals surface area contributed by atoms with Crippen molar-refractivity contribution in [3.05, 3.63) is 10.1 Å². The lowest BCUT2D eigenvalue weighted by molar-refractivity contribution is -0.525. The molecular formula is C6H10N4O4. The molecule has 0 fully saturated rings. The number of guanidine groups is 1. The van der Waals surface area contributed by atoms with Gasteiger partial charge in [0.2, 0.25) is 0 Å². The number of hydrogen-bond donors (Lipinski definition) is 3. The van der Waals surface area contributed by atoms with Gasteiger partial charge in [0.25, 0.3) is 5.96 Å². The molecule has 14 heavy (non-hydrogen) atoms. The van der Waals surface area contributed by atoms with Crippen LogP contribution in [0, 0.1) is 10.1 Å². The Labute approximate surface area is 79.1 Å². The molecule has 1 atom stereocenters. The zero-order valence-electron chi connectivity index (χ0n) is 7.27. The summed E-state index contributed by atoms with van der Waals surface area (Å²) in [7, 11) is 0. The standard InChI is InChI=1S/C6H10N4O4/c11-5(12)4-2-1-3-7-6(8-4)9-10(13)14/h4H,1-3H2,(H,11,12)(H2,7,8,9)/t4-/m1/s1. The molecule has 0 aliphatic carbocycles. The molecule has 0 unspecified atom stereocenters. The monoisotopic (exact) mass is 202 g/mol. The van der Waals surface area contributed by atoms with E-state index in [0.29, 0.717) is 19.4 Å². The molecule has 1 aliphatic heterocycles. The summed E-state index contributed by atoms with van der Waals surface area (Å²) in [6.45, 7) is 0.382. The van der Waals surface area contributed by atoms with Crippen LogP contribution in [0.3, 0.4) is 0 Å². The SMILES string of the molecule is O=C(O)[C@H]1CCCN=C(N[N+](=O)[O-])N1. The summed E-state index contributed by atoms with van der Waals surface area (Å²) in [6, 6.07) is -0.816. The molecule has 0 spiro atoms. The van der Waals surface area contributed by atoms with E-state index in [9.17, 15) is 14.9 Å². The van der Waals surface area contributed by atoms with Gasteiger partial charge in [0, 0.05) is 6.54 Å². The number of hydrazine groups is 1. The number of nitrogens with zero attached hydrogens (tertiary/aromatic N) is 2. The topological polar surface area (TPSA) is 117 Å². The van der Waals surface area contributed by atoms with E-state index < -0.39 is 17.0 Å². The maximum Gasteiger partial charge on any atom is 0.326 e. The highest BCUT2D eigenvalue weighted by atomic mass is 16.7. The number of nitro groups is 1. The highest BCUT2D eigenvalue weighted by Crippen LogP contribution is 2.01. The maximum absolute atomic E-state index is 10.6. The molecule has 78 valence electrons. The Balaban J connectivity index is 2.61. The molecule has 0 saturated carbocycles. The summed E-state index contributed by atoms with van der Waals surface area (Å²) in [4.78, 5) is 24.5. The smallest absolute Gasteiger partial charge is 0.326 e. The molecule has 0 aromatic rings. The molecule has 0 amide bonds. The van der Waals surface area contributed by atoms with E-state index in [1.807, 2.05) is 0 Å². The largest absolute Gasteiger partial charge is 0.480 e. The third-order valence-electron chi connectivity index (χ3n) is 1.73. The highest BCUT2D eigenvalue weighted by Gasteiger charge is 2.22. The van der Waals surface area contributed by atoms with Crippen molar-refractivity contribution in [1.82, 2.24) is 10.7 Å². The molecule has 1 aliphatic rings. The summed E-state index contributed by atoms with van der Waals surface area (Å²) in [5.74, 6) is -1.13. The molecule has 0 aromatic carbocycles. The van der Waals surface area contributed by atoms with Gasteiger partial charge >= 0.3 is 5.97 Å². The van der Waals surface area contributed by atoms with Crippen molar-refractivity contribution in [3.8, 4) is 0 Å². The minimum absolute atomic E-state index is 0.0973. The van der Waals surface area contributed by atoms with Gasteiger partial charge in [-0.1, -0.05) is 5.43 Å². The second kappa shape index (κ2) is 4.40. The van der Waals surface area contributed by atoms with Crippen LogP contribution in [-0.2, 0) is 4.79 Å². The van der Waals surface area contributed by atoms with E-state index in [4.69, 9.17) is 5.11 Å². The lowest BCUT2D eigenvalue weighted by Gasteiger charge is -2.11. The second-order valence-electron chi connectivity index (χ2n) is 2.78. The predicted molar refractivity (Wildman–Crippen MR) is 46.2 cm³/mol. The van der Waals surface area contributed by atoms with Crippen LogP contribution in [0.1, 0.15) is 12.8 Å². The van der Waals surface area contributed by atoms with Gasteiger partial charge in [0.05, 0.1) is 0 Å². The Morgan fingerprint density at radius 3 is 3.07 bits per heavy atom. The molecule has 8 nitrogen and oxygen atoms in total. The first-order chi connectivity index (χ1) is 6.59. The zero-order valence-corrected chi connectivity index (χ0v) is 7.27. The summed E-state index contributed by atoms with van der Waals surface area (Å²) >= 11 is 0. The van der Waals surface area contributed by atoms with Gasteiger partial charge in [-0.05, 0) is 12.8 Å². The van der Waals surface area contributed by atoms with Gasteiger partial charge in [-0.15, -0.1) is 0 Å². The normalized spacial score (nSPS) is 21.4. The number of rotatable bonds is 2. The van der Waals surface area contributed by atoms with Crippen LogP contribution in [0.15, 0.2) is 4.99 Å². The summed E-state index contributed by atoms with van der Waals surface area (Å²) in [5, 5.41) is 20.4. The Hall–Kier alpha value is -1.86. The van der Waals surface area contributed by atoms with Gasteiger partial charge in [-0.25, -0.2) is 19.9 Å². The maximum atomic E-state index is 10.6. The average molecular weight is 202 g/mol. The predicted octanol–water partition coefficient (Wildman–Crippen LogP) is -1.04. The molecule has 1 rings (SSSR count). The molecule has 8 heteroatoms. The minimum Gasteiger partial charge on any atom is -0.480 e. The fourth-order valence-corrected chi connectivity index (χ4v) is 1.11. The summed E-state index contributed by atoms with van der Waals surface area (Å²) in [5.41, 5.74) is 1.80. The molecule has 1 heterocycles. The van der Waals surface area contributed by atoms with Crippen LogP contribution >= 0.6 is 0 Å². The third kappa shape index (κ3) is 2.88. The van der Waals surface area contributed by atoms with Gasteiger partial charge < -0.3 is 10.4 Å². The Morgan fingerprint density at radius 1 is 1.79 bits per heavy atom. The fourth-order valence-electron chi connectivity index (χ4n) is 1.11. The Kier molecular flexibility index (Phi) is 3.21. The first-order valence-corrected chi connectivity index (χ1v) is 4.04. The van der Waals surface area contributed by atoms with Gasteiger partial charge in [-0.2, -0.15) is 0 Å². The van der Waals surface area contributed by atoms with Gasteiger partial charge in [0.15, 0.2) is 5.03 Å². The molecule has 0 bridgehead atoms. The van der Waals surface area contributed by atoms with E-state index in [1.165, 1.54) is 0 Å². The van der Waals surface area contributed by atoms with Crippen LogP contribution in [0.2, 0.25) is 0 Å². The average Bonchev–Trinajstić information content (AvgIpc) is 2.28. The minimum atomic E-state index is -1.04. The summed E-state index contributed by atoms with van der Waals surface area (Å²) < 4.78 is 0. The van der Waals surface area contributed by atoms with E-state index in [1.54, 1.807) is 5.43 Å². The first-order valence-electron chi connectivity index (χ1n) is 4.04. The van der Waals surface area contributed by atoms with Crippen molar-refractivity contribution in [2.45, 2.75) is 18.9 Å². The van der Waals surface area contributed by atoms with Crippen LogP contribution in [0.5, 0.6) is 0 Å². The Morgan fingerprint density at radius 2 is 2.50 bits per heavy atom. The van der Waals surface area contributed by atoms with Crippen molar-refractivity contribution < 1.29 is 14.9 Å². The number of carbonyl (C=O) groups is 1. The van der Waals surface area contributed by atoms with E-state index >= 15 is 0 Å². The van der Waals surface area contributed by atoms with Crippen molar-refractivity contribution in [2.24, 2.45) is 4.99 Å². The lowest BCUT2D eigenvalue weighted by Crippen LogP contribution is -2.47. The molecular weight excluding hydrogens is 192 g/mol. The van der Waals surface area contributed by atoms with Gasteiger partial charge in [0.1, 0.15) is 6.04 Å². The van der Waals surface area contributed by atoms with Crippen molar-refractivity contribution >= 4 is 11.9 Å². The number of nitrogens with one attached hydrogen (secondary N) is 2.